The maximum Gasteiger partial charge on any atom is 0.315 e. The van der Waals surface area contributed by atoms with Crippen molar-refractivity contribution in [2.75, 3.05) is 19.4 Å². The van der Waals surface area contributed by atoms with E-state index >= 15 is 0 Å². The Labute approximate surface area is 117 Å². The van der Waals surface area contributed by atoms with Gasteiger partial charge in [-0.05, 0) is 36.7 Å². The van der Waals surface area contributed by atoms with Crippen LogP contribution in [0, 0.1) is 0 Å². The first-order chi connectivity index (χ1) is 8.67. The van der Waals surface area contributed by atoms with Crippen LogP contribution in [0.3, 0.4) is 0 Å². The lowest BCUT2D eigenvalue weighted by Crippen LogP contribution is -2.14. The van der Waals surface area contributed by atoms with Crippen molar-refractivity contribution in [3.05, 3.63) is 28.8 Å². The molecule has 0 atom stereocenters. The Morgan fingerprint density at radius 2 is 2.28 bits per heavy atom. The standard InChI is InChI=1S/C13H18ClNO2S/c1-3-6-15-8-10-7-11(14)4-5-12(10)18-9-13(16)17-2/h4-5,7,15H,3,6,8-9H2,1-2H3. The van der Waals surface area contributed by atoms with Crippen LogP contribution in [0.5, 0.6) is 0 Å². The van der Waals surface area contributed by atoms with Crippen molar-refractivity contribution in [1.82, 2.24) is 5.32 Å². The molecule has 1 N–H and O–H groups in total. The number of halogens is 1. The number of esters is 1. The van der Waals surface area contributed by atoms with Crippen molar-refractivity contribution in [3.63, 3.8) is 0 Å². The Morgan fingerprint density at radius 3 is 2.94 bits per heavy atom. The summed E-state index contributed by atoms with van der Waals surface area (Å²) in [5.74, 6) is 0.0984. The second-order valence-electron chi connectivity index (χ2n) is 3.79. The average molecular weight is 288 g/mol. The minimum absolute atomic E-state index is 0.220. The highest BCUT2D eigenvalue weighted by molar-refractivity contribution is 8.00. The fourth-order valence-corrected chi connectivity index (χ4v) is 2.49. The molecule has 1 aromatic carbocycles. The quantitative estimate of drug-likeness (QED) is 0.475. The smallest absolute Gasteiger partial charge is 0.315 e. The molecule has 0 aliphatic rings. The number of thioether (sulfide) groups is 1. The van der Waals surface area contributed by atoms with Crippen LogP contribution in [0.25, 0.3) is 0 Å². The molecule has 0 aromatic heterocycles. The van der Waals surface area contributed by atoms with Crippen LogP contribution in [0.2, 0.25) is 5.02 Å². The number of carbonyl (C=O) groups excluding carboxylic acids is 1. The predicted molar refractivity (Wildman–Crippen MR) is 76.2 cm³/mol. The van der Waals surface area contributed by atoms with Crippen LogP contribution < -0.4 is 5.32 Å². The second kappa shape index (κ2) is 8.40. The van der Waals surface area contributed by atoms with Gasteiger partial charge in [0.05, 0.1) is 12.9 Å². The molecule has 0 unspecified atom stereocenters. The van der Waals surface area contributed by atoms with Gasteiger partial charge in [0.2, 0.25) is 0 Å². The van der Waals surface area contributed by atoms with Gasteiger partial charge in [0, 0.05) is 16.5 Å². The first-order valence-corrected chi connectivity index (χ1v) is 7.22. The fraction of sp³-hybridized carbons (Fsp3) is 0.462. The predicted octanol–water partition coefficient (Wildman–Crippen LogP) is 3.10. The molecule has 0 heterocycles. The number of rotatable bonds is 7. The third kappa shape index (κ3) is 5.29. The van der Waals surface area contributed by atoms with E-state index in [1.165, 1.54) is 18.9 Å². The van der Waals surface area contributed by atoms with Crippen molar-refractivity contribution < 1.29 is 9.53 Å². The van der Waals surface area contributed by atoms with Crippen molar-refractivity contribution in [2.45, 2.75) is 24.8 Å². The summed E-state index contributed by atoms with van der Waals surface area (Å²) in [6, 6.07) is 5.72. The molecule has 0 radical (unpaired) electrons. The van der Waals surface area contributed by atoms with E-state index in [1.54, 1.807) is 0 Å². The van der Waals surface area contributed by atoms with Gasteiger partial charge in [-0.15, -0.1) is 11.8 Å². The van der Waals surface area contributed by atoms with Gasteiger partial charge in [0.15, 0.2) is 0 Å². The zero-order valence-electron chi connectivity index (χ0n) is 10.7. The van der Waals surface area contributed by atoms with Gasteiger partial charge in [0.1, 0.15) is 0 Å². The highest BCUT2D eigenvalue weighted by atomic mass is 35.5. The molecule has 0 saturated heterocycles. The number of carbonyl (C=O) groups is 1. The number of benzene rings is 1. The van der Waals surface area contributed by atoms with Crippen LogP contribution in [0.15, 0.2) is 23.1 Å². The van der Waals surface area contributed by atoms with Crippen LogP contribution in [0.4, 0.5) is 0 Å². The Morgan fingerprint density at radius 1 is 1.50 bits per heavy atom. The zero-order chi connectivity index (χ0) is 13.4. The SMILES string of the molecule is CCCNCc1cc(Cl)ccc1SCC(=O)OC. The maximum absolute atomic E-state index is 11.1. The third-order valence-corrected chi connectivity index (χ3v) is 3.66. The normalized spacial score (nSPS) is 10.4. The molecule has 0 bridgehead atoms. The summed E-state index contributed by atoms with van der Waals surface area (Å²) in [5.41, 5.74) is 1.12. The minimum Gasteiger partial charge on any atom is -0.468 e. The monoisotopic (exact) mass is 287 g/mol. The number of methoxy groups -OCH3 is 1. The summed E-state index contributed by atoms with van der Waals surface area (Å²) in [7, 11) is 1.40. The molecule has 0 saturated carbocycles. The first-order valence-electron chi connectivity index (χ1n) is 5.86. The van der Waals surface area contributed by atoms with Gasteiger partial charge < -0.3 is 10.1 Å². The maximum atomic E-state index is 11.1. The molecule has 0 aliphatic heterocycles. The summed E-state index contributed by atoms with van der Waals surface area (Å²) in [5, 5.41) is 4.05. The molecule has 0 amide bonds. The van der Waals surface area contributed by atoms with Gasteiger partial charge in [-0.1, -0.05) is 18.5 Å². The Bertz CT molecular complexity index is 399. The number of hydrogen-bond donors (Lipinski definition) is 1. The van der Waals surface area contributed by atoms with E-state index < -0.39 is 0 Å². The lowest BCUT2D eigenvalue weighted by molar-refractivity contribution is -0.137. The number of hydrogen-bond acceptors (Lipinski definition) is 4. The lowest BCUT2D eigenvalue weighted by atomic mass is 10.2. The molecule has 0 fully saturated rings. The third-order valence-electron chi connectivity index (χ3n) is 2.34. The summed E-state index contributed by atoms with van der Waals surface area (Å²) < 4.78 is 4.63. The van der Waals surface area contributed by atoms with Gasteiger partial charge in [-0.25, -0.2) is 0 Å². The molecule has 3 nitrogen and oxygen atoms in total. The van der Waals surface area contributed by atoms with Crippen molar-refractivity contribution in [2.24, 2.45) is 0 Å². The molecule has 18 heavy (non-hydrogen) atoms. The molecular formula is C13H18ClNO2S. The summed E-state index contributed by atoms with van der Waals surface area (Å²) in [4.78, 5) is 12.2. The van der Waals surface area contributed by atoms with Crippen molar-refractivity contribution >= 4 is 29.3 Å². The van der Waals surface area contributed by atoms with Gasteiger partial charge in [-0.2, -0.15) is 0 Å². The summed E-state index contributed by atoms with van der Waals surface area (Å²) in [6.07, 6.45) is 1.09. The largest absolute Gasteiger partial charge is 0.468 e. The van der Waals surface area contributed by atoms with E-state index in [1.807, 2.05) is 18.2 Å². The number of nitrogens with one attached hydrogen (secondary N) is 1. The van der Waals surface area contributed by atoms with Gasteiger partial charge in [-0.3, -0.25) is 4.79 Å². The van der Waals surface area contributed by atoms with Gasteiger partial charge in [0.25, 0.3) is 0 Å². The van der Waals surface area contributed by atoms with E-state index in [0.717, 1.165) is 30.0 Å². The molecule has 100 valence electrons. The lowest BCUT2D eigenvalue weighted by Gasteiger charge is -2.10. The fourth-order valence-electron chi connectivity index (χ4n) is 1.42. The molecule has 1 rings (SSSR count). The summed E-state index contributed by atoms with van der Waals surface area (Å²) in [6.45, 7) is 3.85. The van der Waals surface area contributed by atoms with Crippen LogP contribution in [-0.2, 0) is 16.1 Å². The van der Waals surface area contributed by atoms with E-state index in [0.29, 0.717) is 10.8 Å². The van der Waals surface area contributed by atoms with Crippen LogP contribution in [0.1, 0.15) is 18.9 Å². The molecule has 1 aromatic rings. The first kappa shape index (κ1) is 15.3. The highest BCUT2D eigenvalue weighted by Crippen LogP contribution is 2.25. The van der Waals surface area contributed by atoms with Crippen LogP contribution >= 0.6 is 23.4 Å². The van der Waals surface area contributed by atoms with Crippen molar-refractivity contribution in [1.29, 1.82) is 0 Å². The van der Waals surface area contributed by atoms with Crippen LogP contribution in [-0.4, -0.2) is 25.4 Å². The molecule has 0 aliphatic carbocycles. The topological polar surface area (TPSA) is 38.3 Å². The minimum atomic E-state index is -0.220. The van der Waals surface area contributed by atoms with E-state index in [9.17, 15) is 4.79 Å². The van der Waals surface area contributed by atoms with Crippen molar-refractivity contribution in [3.8, 4) is 0 Å². The summed E-state index contributed by atoms with van der Waals surface area (Å²) >= 11 is 7.46. The highest BCUT2D eigenvalue weighted by Gasteiger charge is 2.07. The van der Waals surface area contributed by atoms with E-state index in [-0.39, 0.29) is 5.97 Å². The number of ether oxygens (including phenoxy) is 1. The second-order valence-corrected chi connectivity index (χ2v) is 5.25. The average Bonchev–Trinajstić information content (AvgIpc) is 2.37. The molecule has 5 heteroatoms. The van der Waals surface area contributed by atoms with E-state index in [4.69, 9.17) is 11.6 Å². The zero-order valence-corrected chi connectivity index (χ0v) is 12.2. The molecule has 0 spiro atoms. The Balaban J connectivity index is 2.66. The van der Waals surface area contributed by atoms with E-state index in [2.05, 4.69) is 17.0 Å². The Kier molecular flexibility index (Phi) is 7.16. The molecular weight excluding hydrogens is 270 g/mol. The van der Waals surface area contributed by atoms with Gasteiger partial charge >= 0.3 is 5.97 Å². The Hall–Kier alpha value is -0.710.